The monoisotopic (exact) mass is 637 g/mol. The third-order valence-electron chi connectivity index (χ3n) is 5.70. The van der Waals surface area contributed by atoms with Crippen molar-refractivity contribution in [2.24, 2.45) is 10.8 Å². The molecular formula is C30H38IrNO2-. The second-order valence-electron chi connectivity index (χ2n) is 10.9. The molecule has 3 rings (SSSR count). The Labute approximate surface area is 219 Å². The quantitative estimate of drug-likeness (QED) is 0.176. The molecule has 0 amide bonds. The number of pyridine rings is 1. The van der Waals surface area contributed by atoms with E-state index in [1.165, 1.54) is 33.7 Å². The number of hydrogen-bond acceptors (Lipinski definition) is 3. The number of aliphatic hydroxyl groups excluding tert-OH is 1. The second-order valence-corrected chi connectivity index (χ2v) is 10.9. The molecule has 0 spiro atoms. The van der Waals surface area contributed by atoms with E-state index in [1.54, 1.807) is 0 Å². The molecule has 1 aromatic heterocycles. The molecule has 0 aliphatic carbocycles. The zero-order valence-corrected chi connectivity index (χ0v) is 24.6. The molecule has 4 heteroatoms. The van der Waals surface area contributed by atoms with Crippen LogP contribution in [-0.2, 0) is 24.9 Å². The minimum atomic E-state index is -0.417. The van der Waals surface area contributed by atoms with Crippen molar-refractivity contribution in [3.8, 4) is 11.3 Å². The molecular weight excluding hydrogens is 599 g/mol. The molecule has 0 saturated heterocycles. The van der Waals surface area contributed by atoms with E-state index in [1.807, 2.05) is 47.6 Å². The predicted octanol–water partition coefficient (Wildman–Crippen LogP) is 8.02. The van der Waals surface area contributed by atoms with Crippen molar-refractivity contribution in [3.63, 3.8) is 0 Å². The molecule has 3 aromatic rings. The van der Waals surface area contributed by atoms with Crippen molar-refractivity contribution in [1.29, 1.82) is 0 Å². The van der Waals surface area contributed by atoms with Gasteiger partial charge >= 0.3 is 0 Å². The predicted molar refractivity (Wildman–Crippen MR) is 140 cm³/mol. The van der Waals surface area contributed by atoms with E-state index < -0.39 is 5.41 Å². The summed E-state index contributed by atoms with van der Waals surface area (Å²) in [4.78, 5) is 16.4. The van der Waals surface area contributed by atoms with Gasteiger partial charge < -0.3 is 5.11 Å². The summed E-state index contributed by atoms with van der Waals surface area (Å²) in [6.07, 6.45) is 1.33. The molecule has 3 nitrogen and oxygen atoms in total. The van der Waals surface area contributed by atoms with Crippen LogP contribution in [0.15, 0.2) is 48.2 Å². The van der Waals surface area contributed by atoms with Crippen molar-refractivity contribution in [1.82, 2.24) is 4.98 Å². The Morgan fingerprint density at radius 2 is 1.53 bits per heavy atom. The summed E-state index contributed by atoms with van der Waals surface area (Å²) in [5.74, 6) is 0.104. The first kappa shape index (κ1) is 29.7. The largest absolute Gasteiger partial charge is 0.512 e. The first-order chi connectivity index (χ1) is 15.1. The molecule has 0 fully saturated rings. The van der Waals surface area contributed by atoms with Crippen LogP contribution in [-0.4, -0.2) is 15.9 Å². The summed E-state index contributed by atoms with van der Waals surface area (Å²) in [7, 11) is 0. The number of allylic oxidation sites excluding steroid dienone is 2. The summed E-state index contributed by atoms with van der Waals surface area (Å²) in [5.41, 5.74) is 7.44. The fourth-order valence-electron chi connectivity index (χ4n) is 3.12. The zero-order chi connectivity index (χ0) is 25.1. The van der Waals surface area contributed by atoms with Gasteiger partial charge in [-0.05, 0) is 36.6 Å². The summed E-state index contributed by atoms with van der Waals surface area (Å²) >= 11 is 0. The van der Waals surface area contributed by atoms with Gasteiger partial charge in [-0.3, -0.25) is 9.78 Å². The van der Waals surface area contributed by atoms with Crippen molar-refractivity contribution in [2.75, 3.05) is 0 Å². The van der Waals surface area contributed by atoms with E-state index in [0.717, 1.165) is 16.8 Å². The van der Waals surface area contributed by atoms with Gasteiger partial charge in [0.05, 0.1) is 5.52 Å². The number of hydrogen-bond donors (Lipinski definition) is 1. The maximum absolute atomic E-state index is 11.5. The third-order valence-corrected chi connectivity index (χ3v) is 5.70. The minimum absolute atomic E-state index is 0. The van der Waals surface area contributed by atoms with Crippen LogP contribution in [0.5, 0.6) is 0 Å². The zero-order valence-electron chi connectivity index (χ0n) is 22.2. The Bertz CT molecular complexity index is 1190. The number of nitrogens with zero attached hydrogens (tertiary/aromatic N) is 1. The maximum atomic E-state index is 11.5. The van der Waals surface area contributed by atoms with E-state index in [4.69, 9.17) is 4.98 Å². The average Bonchev–Trinajstić information content (AvgIpc) is 2.69. The number of aliphatic hydroxyl groups is 1. The number of aromatic nitrogens is 1. The van der Waals surface area contributed by atoms with E-state index >= 15 is 0 Å². The molecule has 0 aliphatic heterocycles. The fourth-order valence-corrected chi connectivity index (χ4v) is 3.12. The van der Waals surface area contributed by atoms with E-state index in [-0.39, 0.29) is 37.1 Å². The first-order valence-corrected chi connectivity index (χ1v) is 11.4. The van der Waals surface area contributed by atoms with Crippen molar-refractivity contribution in [2.45, 2.75) is 69.2 Å². The van der Waals surface area contributed by atoms with Gasteiger partial charge in [-0.1, -0.05) is 79.2 Å². The molecule has 0 aliphatic rings. The molecule has 1 N–H and O–H groups in total. The van der Waals surface area contributed by atoms with Crippen LogP contribution >= 0.6 is 0 Å². The van der Waals surface area contributed by atoms with Crippen LogP contribution < -0.4 is 0 Å². The van der Waals surface area contributed by atoms with Crippen LogP contribution in [0.25, 0.3) is 22.2 Å². The Balaban J connectivity index is 0.000000364. The molecule has 0 saturated carbocycles. The summed E-state index contributed by atoms with van der Waals surface area (Å²) in [5, 5.41) is 10.8. The van der Waals surface area contributed by atoms with Crippen LogP contribution in [0, 0.1) is 44.6 Å². The van der Waals surface area contributed by atoms with Gasteiger partial charge in [0.2, 0.25) is 0 Å². The van der Waals surface area contributed by atoms with Gasteiger partial charge in [-0.25, -0.2) is 0 Å². The van der Waals surface area contributed by atoms with E-state index in [2.05, 4.69) is 64.1 Å². The Hall–Kier alpha value is -2.29. The maximum Gasteiger partial charge on any atom is 0.164 e. The Morgan fingerprint density at radius 3 is 2.09 bits per heavy atom. The first-order valence-electron chi connectivity index (χ1n) is 11.4. The van der Waals surface area contributed by atoms with Gasteiger partial charge in [0.25, 0.3) is 0 Å². The summed E-state index contributed by atoms with van der Waals surface area (Å²) < 4.78 is 0. The van der Waals surface area contributed by atoms with Crippen LogP contribution in [0.1, 0.15) is 63.8 Å². The van der Waals surface area contributed by atoms with E-state index in [0.29, 0.717) is 0 Å². The second kappa shape index (κ2) is 11.4. The minimum Gasteiger partial charge on any atom is -0.512 e. The van der Waals surface area contributed by atoms with Gasteiger partial charge in [0.15, 0.2) is 5.78 Å². The van der Waals surface area contributed by atoms with Crippen LogP contribution in [0.3, 0.4) is 0 Å². The summed E-state index contributed by atoms with van der Waals surface area (Å²) in [6.45, 7) is 19.6. The molecule has 185 valence electrons. The summed E-state index contributed by atoms with van der Waals surface area (Å²) in [6, 6.07) is 16.1. The number of aryl methyl sites for hydroxylation is 3. The van der Waals surface area contributed by atoms with Gasteiger partial charge in [0.1, 0.15) is 5.76 Å². The standard InChI is InChI=1S/C19H18N.C11H20O2.Ir/c1-12-8-9-16-11-14(3)19(20-18(16)10-12)17-7-5-6-13(2)15(17)4;1-10(2,3)8(12)7-9(13)11(4,5)6;/h5-6,8-11H,1-4H3;7,12H,1-6H3;/q-1;;/b;8-7-;. The van der Waals surface area contributed by atoms with Crippen LogP contribution in [0.2, 0.25) is 0 Å². The van der Waals surface area contributed by atoms with Gasteiger partial charge in [-0.15, -0.1) is 34.9 Å². The number of carbonyl (C=O) groups is 1. The molecule has 1 radical (unpaired) electrons. The third kappa shape index (κ3) is 7.61. The number of ketones is 1. The van der Waals surface area contributed by atoms with E-state index in [9.17, 15) is 9.90 Å². The molecule has 0 bridgehead atoms. The average molecular weight is 637 g/mol. The smallest absolute Gasteiger partial charge is 0.164 e. The molecule has 0 unspecified atom stereocenters. The van der Waals surface area contributed by atoms with Crippen LogP contribution in [0.4, 0.5) is 0 Å². The molecule has 2 aromatic carbocycles. The van der Waals surface area contributed by atoms with Crippen molar-refractivity contribution in [3.05, 3.63) is 76.6 Å². The Kier molecular flexibility index (Phi) is 9.99. The molecule has 0 atom stereocenters. The van der Waals surface area contributed by atoms with Gasteiger partial charge in [-0.2, -0.15) is 0 Å². The molecule has 34 heavy (non-hydrogen) atoms. The number of rotatable bonds is 2. The number of carbonyl (C=O) groups excluding carboxylic acids is 1. The Morgan fingerprint density at radius 1 is 0.912 bits per heavy atom. The van der Waals surface area contributed by atoms with Crippen molar-refractivity contribution < 1.29 is 30.0 Å². The molecule has 1 heterocycles. The topological polar surface area (TPSA) is 50.2 Å². The fraction of sp³-hybridized carbons (Fsp3) is 0.400. The normalized spacial score (nSPS) is 12.0. The SMILES string of the molecule is CC(C)(C)C(=O)/C=C(\O)C(C)(C)C.Cc1ccc2cc(C)c(-c3[c-]ccc(C)c3C)nc2c1.[Ir]. The number of fused-ring (bicyclic) bond motifs is 1. The number of benzene rings is 2. The van der Waals surface area contributed by atoms with Gasteiger partial charge in [0, 0.05) is 37.0 Å². The van der Waals surface area contributed by atoms with Crippen molar-refractivity contribution >= 4 is 16.7 Å².